The summed E-state index contributed by atoms with van der Waals surface area (Å²) in [5.41, 5.74) is 3.22. The van der Waals surface area contributed by atoms with Crippen LogP contribution in [0.3, 0.4) is 0 Å². The minimum absolute atomic E-state index is 0.226. The number of pyridine rings is 1. The number of carboxylic acids is 1. The molecule has 4 rings (SSSR count). The molecule has 0 fully saturated rings. The number of hydrogen-bond acceptors (Lipinski definition) is 3. The number of fused-ring (bicyclic) bond motifs is 1. The Balaban J connectivity index is 1.69. The van der Waals surface area contributed by atoms with Crippen molar-refractivity contribution < 1.29 is 14.3 Å². The van der Waals surface area contributed by atoms with E-state index in [-0.39, 0.29) is 5.56 Å². The lowest BCUT2D eigenvalue weighted by atomic mass is 10.1. The zero-order valence-electron chi connectivity index (χ0n) is 15.0. The second-order valence-corrected chi connectivity index (χ2v) is 6.84. The molecule has 0 spiro atoms. The highest BCUT2D eigenvalue weighted by atomic mass is 35.5. The first kappa shape index (κ1) is 18.0. The third-order valence-electron chi connectivity index (χ3n) is 4.40. The minimum Gasteiger partial charge on any atom is -0.478 e. The number of rotatable bonds is 4. The number of carbonyl (C=O) groups is 1. The van der Waals surface area contributed by atoms with E-state index in [1.807, 2.05) is 61.5 Å². The van der Waals surface area contributed by atoms with Crippen LogP contribution in [0.15, 0.2) is 65.1 Å². The molecule has 2 aromatic heterocycles. The van der Waals surface area contributed by atoms with Crippen LogP contribution in [-0.2, 0) is 0 Å². The Hall–Kier alpha value is -3.37. The van der Waals surface area contributed by atoms with Crippen LogP contribution >= 0.6 is 11.6 Å². The SMILES string of the molecule is Cc1ccc2nc(C=Cc3ccc(-c4ccccc4Cl)o3)cc(C(=O)O)c2c1. The number of aromatic nitrogens is 1. The topological polar surface area (TPSA) is 63.3 Å². The lowest BCUT2D eigenvalue weighted by Gasteiger charge is -2.05. The van der Waals surface area contributed by atoms with Gasteiger partial charge in [0.15, 0.2) is 0 Å². The molecule has 0 aliphatic rings. The summed E-state index contributed by atoms with van der Waals surface area (Å²) in [6, 6.07) is 18.3. The smallest absolute Gasteiger partial charge is 0.336 e. The Morgan fingerprint density at radius 2 is 1.89 bits per heavy atom. The van der Waals surface area contributed by atoms with Crippen LogP contribution in [0.25, 0.3) is 34.4 Å². The second-order valence-electron chi connectivity index (χ2n) is 6.44. The Labute approximate surface area is 166 Å². The minimum atomic E-state index is -0.980. The van der Waals surface area contributed by atoms with Crippen LogP contribution in [0.1, 0.15) is 27.4 Å². The average Bonchev–Trinajstić information content (AvgIpc) is 3.15. The van der Waals surface area contributed by atoms with Gasteiger partial charge in [0.1, 0.15) is 11.5 Å². The van der Waals surface area contributed by atoms with Crippen molar-refractivity contribution in [2.45, 2.75) is 6.92 Å². The molecule has 138 valence electrons. The van der Waals surface area contributed by atoms with Gasteiger partial charge < -0.3 is 9.52 Å². The number of nitrogens with zero attached hydrogens (tertiary/aromatic N) is 1. The van der Waals surface area contributed by atoms with Gasteiger partial charge in [0.05, 0.1) is 21.8 Å². The van der Waals surface area contributed by atoms with Gasteiger partial charge in [0.2, 0.25) is 0 Å². The summed E-state index contributed by atoms with van der Waals surface area (Å²) in [5, 5.41) is 10.8. The van der Waals surface area contributed by atoms with Gasteiger partial charge in [-0.25, -0.2) is 9.78 Å². The van der Waals surface area contributed by atoms with Crippen molar-refractivity contribution in [2.75, 3.05) is 0 Å². The first-order chi connectivity index (χ1) is 13.5. The van der Waals surface area contributed by atoms with Gasteiger partial charge in [-0.1, -0.05) is 35.4 Å². The third kappa shape index (κ3) is 3.55. The fraction of sp³-hybridized carbons (Fsp3) is 0.0435. The van der Waals surface area contributed by atoms with E-state index in [1.54, 1.807) is 18.2 Å². The molecule has 0 radical (unpaired) electrons. The predicted molar refractivity (Wildman–Crippen MR) is 112 cm³/mol. The third-order valence-corrected chi connectivity index (χ3v) is 4.73. The maximum absolute atomic E-state index is 11.7. The molecule has 5 heteroatoms. The average molecular weight is 390 g/mol. The van der Waals surface area contributed by atoms with Gasteiger partial charge in [-0.15, -0.1) is 0 Å². The lowest BCUT2D eigenvalue weighted by molar-refractivity contribution is 0.0699. The van der Waals surface area contributed by atoms with Gasteiger partial charge in [-0.2, -0.15) is 0 Å². The lowest BCUT2D eigenvalue weighted by Crippen LogP contribution is -2.00. The quantitative estimate of drug-likeness (QED) is 0.443. The molecular weight excluding hydrogens is 374 g/mol. The maximum atomic E-state index is 11.7. The fourth-order valence-electron chi connectivity index (χ4n) is 3.04. The summed E-state index contributed by atoms with van der Waals surface area (Å²) in [6.45, 7) is 1.92. The summed E-state index contributed by atoms with van der Waals surface area (Å²) in [7, 11) is 0. The normalized spacial score (nSPS) is 11.4. The van der Waals surface area contributed by atoms with Gasteiger partial charge >= 0.3 is 5.97 Å². The Morgan fingerprint density at radius 3 is 2.68 bits per heavy atom. The molecule has 0 aliphatic carbocycles. The highest BCUT2D eigenvalue weighted by Gasteiger charge is 2.11. The van der Waals surface area contributed by atoms with E-state index >= 15 is 0 Å². The Kier molecular flexibility index (Phi) is 4.72. The van der Waals surface area contributed by atoms with Crippen molar-refractivity contribution in [3.05, 3.63) is 88.3 Å². The Bertz CT molecular complexity index is 1220. The monoisotopic (exact) mass is 389 g/mol. The summed E-state index contributed by atoms with van der Waals surface area (Å²) in [5.74, 6) is 0.308. The van der Waals surface area contributed by atoms with Gasteiger partial charge in [0.25, 0.3) is 0 Å². The first-order valence-electron chi connectivity index (χ1n) is 8.69. The Morgan fingerprint density at radius 1 is 1.07 bits per heavy atom. The first-order valence-corrected chi connectivity index (χ1v) is 9.06. The molecule has 0 bridgehead atoms. The van der Waals surface area contributed by atoms with Crippen LogP contribution in [0.2, 0.25) is 5.02 Å². The molecule has 0 amide bonds. The van der Waals surface area contributed by atoms with E-state index in [1.165, 1.54) is 0 Å². The number of aromatic carboxylic acids is 1. The van der Waals surface area contributed by atoms with Crippen molar-refractivity contribution in [3.8, 4) is 11.3 Å². The zero-order chi connectivity index (χ0) is 19.7. The highest BCUT2D eigenvalue weighted by molar-refractivity contribution is 6.33. The molecule has 0 atom stereocenters. The van der Waals surface area contributed by atoms with Crippen LogP contribution < -0.4 is 0 Å². The number of furan rings is 1. The van der Waals surface area contributed by atoms with Crippen molar-refractivity contribution in [1.29, 1.82) is 0 Å². The zero-order valence-corrected chi connectivity index (χ0v) is 15.8. The number of carboxylic acid groups (broad SMARTS) is 1. The summed E-state index contributed by atoms with van der Waals surface area (Å²) < 4.78 is 5.84. The number of halogens is 1. The predicted octanol–water partition coefficient (Wildman–Crippen LogP) is 6.33. The molecular formula is C23H16ClNO3. The summed E-state index contributed by atoms with van der Waals surface area (Å²) in [6.07, 6.45) is 3.50. The van der Waals surface area contributed by atoms with Crippen molar-refractivity contribution in [1.82, 2.24) is 4.98 Å². The molecule has 0 saturated heterocycles. The van der Waals surface area contributed by atoms with Crippen LogP contribution in [0.5, 0.6) is 0 Å². The second kappa shape index (κ2) is 7.33. The number of aryl methyl sites for hydroxylation is 1. The molecule has 0 aliphatic heterocycles. The molecule has 4 nitrogen and oxygen atoms in total. The van der Waals surface area contributed by atoms with E-state index in [9.17, 15) is 9.90 Å². The summed E-state index contributed by atoms with van der Waals surface area (Å²) in [4.78, 5) is 16.2. The van der Waals surface area contributed by atoms with E-state index in [2.05, 4.69) is 4.98 Å². The molecule has 2 aromatic carbocycles. The van der Waals surface area contributed by atoms with E-state index < -0.39 is 5.97 Å². The van der Waals surface area contributed by atoms with Gasteiger partial charge in [0, 0.05) is 10.9 Å². The highest BCUT2D eigenvalue weighted by Crippen LogP contribution is 2.29. The van der Waals surface area contributed by atoms with Crippen LogP contribution in [0, 0.1) is 6.92 Å². The largest absolute Gasteiger partial charge is 0.478 e. The van der Waals surface area contributed by atoms with Crippen LogP contribution in [-0.4, -0.2) is 16.1 Å². The van der Waals surface area contributed by atoms with E-state index in [0.717, 1.165) is 11.1 Å². The van der Waals surface area contributed by atoms with Crippen LogP contribution in [0.4, 0.5) is 0 Å². The molecule has 28 heavy (non-hydrogen) atoms. The van der Waals surface area contributed by atoms with Crippen molar-refractivity contribution >= 4 is 40.6 Å². The molecule has 4 aromatic rings. The van der Waals surface area contributed by atoms with Crippen molar-refractivity contribution in [3.63, 3.8) is 0 Å². The molecule has 2 heterocycles. The molecule has 1 N–H and O–H groups in total. The standard InChI is InChI=1S/C23H16ClNO3/c1-14-6-10-21-18(12-14)19(23(26)27)13-15(25-21)7-8-16-9-11-22(28-16)17-4-2-3-5-20(17)24/h2-13H,1H3,(H,26,27). The fourth-order valence-corrected chi connectivity index (χ4v) is 3.27. The van der Waals surface area contributed by atoms with Crippen molar-refractivity contribution in [2.24, 2.45) is 0 Å². The van der Waals surface area contributed by atoms with E-state index in [0.29, 0.717) is 33.1 Å². The van der Waals surface area contributed by atoms with Gasteiger partial charge in [-0.3, -0.25) is 0 Å². The number of hydrogen-bond donors (Lipinski definition) is 1. The van der Waals surface area contributed by atoms with E-state index in [4.69, 9.17) is 16.0 Å². The van der Waals surface area contributed by atoms with Gasteiger partial charge in [-0.05, 0) is 61.5 Å². The molecule has 0 unspecified atom stereocenters. The molecule has 0 saturated carbocycles. The summed E-state index contributed by atoms with van der Waals surface area (Å²) >= 11 is 6.21. The maximum Gasteiger partial charge on any atom is 0.336 e. The number of benzene rings is 2.